The van der Waals surface area contributed by atoms with Crippen molar-refractivity contribution in [2.45, 2.75) is 31.5 Å². The number of hydrogen-bond donors (Lipinski definition) is 2. The van der Waals surface area contributed by atoms with Crippen molar-refractivity contribution >= 4 is 34.0 Å². The van der Waals surface area contributed by atoms with E-state index in [1.54, 1.807) is 0 Å². The molecule has 4 aliphatic rings. The molecule has 2 heterocycles. The number of allylic oxidation sites excluding steroid dienone is 2. The van der Waals surface area contributed by atoms with Gasteiger partial charge in [0.2, 0.25) is 0 Å². The summed E-state index contributed by atoms with van der Waals surface area (Å²) < 4.78 is 0. The van der Waals surface area contributed by atoms with E-state index in [9.17, 15) is 0 Å². The van der Waals surface area contributed by atoms with E-state index in [1.165, 1.54) is 27.6 Å². The van der Waals surface area contributed by atoms with Crippen molar-refractivity contribution in [2.75, 3.05) is 0 Å². The molecule has 0 bridgehead atoms. The zero-order chi connectivity index (χ0) is 39.5. The van der Waals surface area contributed by atoms with Crippen molar-refractivity contribution in [3.05, 3.63) is 233 Å². The van der Waals surface area contributed by atoms with Crippen molar-refractivity contribution in [3.8, 4) is 22.3 Å². The van der Waals surface area contributed by atoms with Crippen LogP contribution in [0.1, 0.15) is 59.0 Å². The van der Waals surface area contributed by atoms with Gasteiger partial charge in [-0.2, -0.15) is 0 Å². The number of rotatable bonds is 6. The van der Waals surface area contributed by atoms with Gasteiger partial charge in [0.1, 0.15) is 17.8 Å². The predicted octanol–water partition coefficient (Wildman–Crippen LogP) is 11.6. The summed E-state index contributed by atoms with van der Waals surface area (Å²) in [7, 11) is 0. The van der Waals surface area contributed by atoms with Gasteiger partial charge in [0.05, 0.1) is 11.7 Å². The van der Waals surface area contributed by atoms with E-state index in [1.807, 2.05) is 24.3 Å². The number of fused-ring (bicyclic) bond motifs is 5. The van der Waals surface area contributed by atoms with Crippen LogP contribution in [0.2, 0.25) is 0 Å². The highest BCUT2D eigenvalue weighted by Crippen LogP contribution is 2.49. The molecule has 0 amide bonds. The van der Waals surface area contributed by atoms with Crippen LogP contribution in [0.3, 0.4) is 0 Å². The molecule has 5 heteroatoms. The first-order valence-corrected chi connectivity index (χ1v) is 20.3. The lowest BCUT2D eigenvalue weighted by atomic mass is 9.82. The molecule has 2 aliphatic carbocycles. The Bertz CT molecular complexity index is 3020. The average molecular weight is 760 g/mol. The molecule has 0 aromatic heterocycles. The second kappa shape index (κ2) is 13.9. The van der Waals surface area contributed by atoms with Crippen molar-refractivity contribution in [1.82, 2.24) is 10.6 Å². The molecule has 0 radical (unpaired) electrons. The fourth-order valence-electron chi connectivity index (χ4n) is 9.12. The summed E-state index contributed by atoms with van der Waals surface area (Å²) in [6.45, 7) is 4.66. The quantitative estimate of drug-likeness (QED) is 0.177. The molecule has 7 aromatic carbocycles. The van der Waals surface area contributed by atoms with Crippen LogP contribution in [0.25, 0.3) is 38.7 Å². The van der Waals surface area contributed by atoms with Gasteiger partial charge in [-0.3, -0.25) is 0 Å². The van der Waals surface area contributed by atoms with E-state index >= 15 is 0 Å². The standard InChI is InChI=1S/C54H41N5/c1-54(2)46-26-13-11-24-42(46)43-29-28-39(33-47(43)54)52-55-48-27-14-12-25-44(48)49(56-52)40-31-36-20-9-10-23-41(36)45(32-40)37-21-15-22-38(30-37)53-58-50(34-16-5-3-6-17-34)57-51(59-53)35-18-7-4-8-19-35/h3-33,48,50H,1-2H3,(H,55,56)(H,57,58,59). The summed E-state index contributed by atoms with van der Waals surface area (Å²) in [4.78, 5) is 15.7. The minimum atomic E-state index is -0.273. The minimum Gasteiger partial charge on any atom is -0.359 e. The zero-order valence-electron chi connectivity index (χ0n) is 32.9. The maximum Gasteiger partial charge on any atom is 0.159 e. The van der Waals surface area contributed by atoms with Crippen molar-refractivity contribution < 1.29 is 0 Å². The molecule has 59 heavy (non-hydrogen) atoms. The molecule has 0 saturated heterocycles. The lowest BCUT2D eigenvalue weighted by Crippen LogP contribution is -2.39. The molecule has 7 aromatic rings. The summed E-state index contributed by atoms with van der Waals surface area (Å²) >= 11 is 0. The Kier molecular flexibility index (Phi) is 8.22. The Balaban J connectivity index is 1.02. The highest BCUT2D eigenvalue weighted by molar-refractivity contribution is 6.14. The number of hydrogen-bond acceptors (Lipinski definition) is 5. The van der Waals surface area contributed by atoms with Gasteiger partial charge in [-0.25, -0.2) is 15.0 Å². The first kappa shape index (κ1) is 34.8. The molecule has 0 saturated carbocycles. The average Bonchev–Trinajstić information content (AvgIpc) is 3.53. The number of nitrogens with zero attached hydrogens (tertiary/aromatic N) is 3. The highest BCUT2D eigenvalue weighted by Gasteiger charge is 2.36. The predicted molar refractivity (Wildman–Crippen MR) is 244 cm³/mol. The van der Waals surface area contributed by atoms with E-state index < -0.39 is 0 Å². The summed E-state index contributed by atoms with van der Waals surface area (Å²) in [6.07, 6.45) is 8.40. The SMILES string of the molecule is CC1(C)c2ccccc2-c2ccc(C3=NC(c4cc(-c5cccc(C6=NC(c7ccccc7)=NC(c7ccccc7)N6)c5)c5ccccc5c4)=C4C=CC=CC4N3)cc21. The fourth-order valence-corrected chi connectivity index (χ4v) is 9.12. The first-order chi connectivity index (χ1) is 29.0. The van der Waals surface area contributed by atoms with Crippen LogP contribution in [-0.2, 0) is 5.41 Å². The van der Waals surface area contributed by atoms with Gasteiger partial charge in [0.25, 0.3) is 0 Å². The van der Waals surface area contributed by atoms with Gasteiger partial charge in [-0.1, -0.05) is 178 Å². The normalized spacial score (nSPS) is 18.5. The van der Waals surface area contributed by atoms with Crippen LogP contribution in [-0.4, -0.2) is 23.5 Å². The van der Waals surface area contributed by atoms with Gasteiger partial charge in [0, 0.05) is 33.2 Å². The highest BCUT2D eigenvalue weighted by atomic mass is 15.2. The maximum atomic E-state index is 5.49. The first-order valence-electron chi connectivity index (χ1n) is 20.3. The van der Waals surface area contributed by atoms with Crippen molar-refractivity contribution in [1.29, 1.82) is 0 Å². The Labute approximate surface area is 344 Å². The molecule has 11 rings (SSSR count). The third kappa shape index (κ3) is 6.05. The van der Waals surface area contributed by atoms with E-state index in [4.69, 9.17) is 15.0 Å². The number of aliphatic imine (C=N–C) groups is 3. The lowest BCUT2D eigenvalue weighted by Gasteiger charge is -2.29. The molecule has 0 spiro atoms. The molecule has 2 unspecified atom stereocenters. The fraction of sp³-hybridized carbons (Fsp3) is 0.0926. The van der Waals surface area contributed by atoms with Crippen LogP contribution in [0, 0.1) is 0 Å². The van der Waals surface area contributed by atoms with Crippen LogP contribution >= 0.6 is 0 Å². The van der Waals surface area contributed by atoms with Gasteiger partial charge >= 0.3 is 0 Å². The van der Waals surface area contributed by atoms with E-state index in [-0.39, 0.29) is 17.6 Å². The smallest absolute Gasteiger partial charge is 0.159 e. The summed E-state index contributed by atoms with van der Waals surface area (Å²) in [5.74, 6) is 2.38. The molecule has 2 N–H and O–H groups in total. The molecule has 0 fully saturated rings. The van der Waals surface area contributed by atoms with Crippen molar-refractivity contribution in [3.63, 3.8) is 0 Å². The monoisotopic (exact) mass is 759 g/mol. The zero-order valence-corrected chi connectivity index (χ0v) is 32.9. The molecule has 2 atom stereocenters. The minimum absolute atomic E-state index is 0.00682. The molecule has 2 aliphatic heterocycles. The number of benzene rings is 7. The molecular weight excluding hydrogens is 719 g/mol. The Morgan fingerprint density at radius 3 is 2.10 bits per heavy atom. The summed E-state index contributed by atoms with van der Waals surface area (Å²) in [5.41, 5.74) is 14.8. The second-order valence-corrected chi connectivity index (χ2v) is 16.1. The lowest BCUT2D eigenvalue weighted by molar-refractivity contribution is 0.660. The van der Waals surface area contributed by atoms with Gasteiger partial charge in [-0.15, -0.1) is 0 Å². The molecule has 282 valence electrons. The van der Waals surface area contributed by atoms with E-state index in [2.05, 4.69) is 188 Å². The van der Waals surface area contributed by atoms with Crippen LogP contribution in [0.4, 0.5) is 0 Å². The van der Waals surface area contributed by atoms with Crippen LogP contribution < -0.4 is 10.6 Å². The third-order valence-electron chi connectivity index (χ3n) is 12.1. The van der Waals surface area contributed by atoms with Crippen LogP contribution in [0.5, 0.6) is 0 Å². The molecular formula is C54H41N5. The Morgan fingerprint density at radius 1 is 0.508 bits per heavy atom. The Hall–Kier alpha value is -7.37. The summed E-state index contributed by atoms with van der Waals surface area (Å²) in [6, 6.07) is 58.2. The third-order valence-corrected chi connectivity index (χ3v) is 12.1. The summed E-state index contributed by atoms with van der Waals surface area (Å²) in [5, 5.41) is 9.79. The second-order valence-electron chi connectivity index (χ2n) is 16.1. The maximum absolute atomic E-state index is 5.49. The van der Waals surface area contributed by atoms with Gasteiger partial charge in [0.15, 0.2) is 5.84 Å². The van der Waals surface area contributed by atoms with E-state index in [0.717, 1.165) is 67.3 Å². The number of nitrogens with one attached hydrogen (secondary N) is 2. The Morgan fingerprint density at radius 2 is 1.22 bits per heavy atom. The molecule has 5 nitrogen and oxygen atoms in total. The largest absolute Gasteiger partial charge is 0.359 e. The van der Waals surface area contributed by atoms with Gasteiger partial charge < -0.3 is 10.6 Å². The topological polar surface area (TPSA) is 61.1 Å². The van der Waals surface area contributed by atoms with Crippen LogP contribution in [0.15, 0.2) is 209 Å². The van der Waals surface area contributed by atoms with Gasteiger partial charge in [-0.05, 0) is 74.0 Å². The van der Waals surface area contributed by atoms with E-state index in [0.29, 0.717) is 5.84 Å². The number of amidine groups is 3. The van der Waals surface area contributed by atoms with Crippen molar-refractivity contribution in [2.24, 2.45) is 15.0 Å².